The molecule has 0 radical (unpaired) electrons. The molecule has 1 N–H and O–H groups in total. The fourth-order valence-corrected chi connectivity index (χ4v) is 2.25. The van der Waals surface area contributed by atoms with Crippen LogP contribution in [0.1, 0.15) is 20.3 Å². The third-order valence-electron chi connectivity index (χ3n) is 1.92. The summed E-state index contributed by atoms with van der Waals surface area (Å²) in [5, 5.41) is 8.85. The molecule has 1 rings (SSSR count). The van der Waals surface area contributed by atoms with Crippen LogP contribution < -0.4 is 0 Å². The molecule has 0 fully saturated rings. The van der Waals surface area contributed by atoms with Gasteiger partial charge in [0.1, 0.15) is 5.82 Å². The minimum atomic E-state index is -0.214. The van der Waals surface area contributed by atoms with E-state index in [4.69, 9.17) is 5.11 Å². The quantitative estimate of drug-likeness (QED) is 0.777. The molecule has 14 heavy (non-hydrogen) atoms. The van der Waals surface area contributed by atoms with Crippen LogP contribution in [-0.4, -0.2) is 16.5 Å². The Hall–Kier alpha value is -0.540. The lowest BCUT2D eigenvalue weighted by Gasteiger charge is -2.22. The predicted octanol–water partition coefficient (Wildman–Crippen LogP) is 3.08. The molecule has 0 atom stereocenters. The third-order valence-corrected chi connectivity index (χ3v) is 3.19. The average molecular weight is 214 g/mol. The fraction of sp³-hybridized carbons (Fsp3) is 0.455. The van der Waals surface area contributed by atoms with Gasteiger partial charge in [-0.05, 0) is 30.7 Å². The predicted molar refractivity (Wildman–Crippen MR) is 58.0 cm³/mol. The summed E-state index contributed by atoms with van der Waals surface area (Å²) in [5.74, 6) is -0.214. The maximum atomic E-state index is 12.6. The molecule has 3 heteroatoms. The third kappa shape index (κ3) is 3.68. The van der Waals surface area contributed by atoms with Gasteiger partial charge in [-0.15, -0.1) is 11.8 Å². The smallest absolute Gasteiger partial charge is 0.123 e. The van der Waals surface area contributed by atoms with Gasteiger partial charge >= 0.3 is 0 Å². The maximum Gasteiger partial charge on any atom is 0.123 e. The Morgan fingerprint density at radius 3 is 2.36 bits per heavy atom. The lowest BCUT2D eigenvalue weighted by atomic mass is 10.1. The number of rotatable bonds is 4. The molecule has 0 unspecified atom stereocenters. The molecule has 1 aromatic carbocycles. The number of aliphatic hydroxyl groups is 1. The molecule has 1 aromatic rings. The van der Waals surface area contributed by atoms with E-state index in [9.17, 15) is 4.39 Å². The second-order valence-corrected chi connectivity index (χ2v) is 5.57. The SMILES string of the molecule is CC(C)(CCO)Sc1ccc(F)cc1. The van der Waals surface area contributed by atoms with E-state index >= 15 is 0 Å². The van der Waals surface area contributed by atoms with Crippen molar-refractivity contribution in [2.75, 3.05) is 6.61 Å². The highest BCUT2D eigenvalue weighted by Gasteiger charge is 2.18. The molecular weight excluding hydrogens is 199 g/mol. The molecule has 0 saturated heterocycles. The van der Waals surface area contributed by atoms with Crippen molar-refractivity contribution in [3.63, 3.8) is 0 Å². The van der Waals surface area contributed by atoms with Crippen LogP contribution in [0.3, 0.4) is 0 Å². The van der Waals surface area contributed by atoms with Gasteiger partial charge < -0.3 is 5.11 Å². The van der Waals surface area contributed by atoms with Gasteiger partial charge in [0, 0.05) is 16.2 Å². The summed E-state index contributed by atoms with van der Waals surface area (Å²) in [6, 6.07) is 6.44. The van der Waals surface area contributed by atoms with Crippen molar-refractivity contribution < 1.29 is 9.50 Å². The van der Waals surface area contributed by atoms with Crippen LogP contribution in [0.25, 0.3) is 0 Å². The number of hydrogen-bond donors (Lipinski definition) is 1. The zero-order valence-corrected chi connectivity index (χ0v) is 9.27. The van der Waals surface area contributed by atoms with E-state index in [1.165, 1.54) is 12.1 Å². The van der Waals surface area contributed by atoms with Crippen molar-refractivity contribution in [1.29, 1.82) is 0 Å². The van der Waals surface area contributed by atoms with Gasteiger partial charge in [0.25, 0.3) is 0 Å². The molecule has 0 saturated carbocycles. The summed E-state index contributed by atoms with van der Waals surface area (Å²) in [7, 11) is 0. The monoisotopic (exact) mass is 214 g/mol. The Balaban J connectivity index is 2.64. The fourth-order valence-electron chi connectivity index (χ4n) is 1.14. The van der Waals surface area contributed by atoms with Crippen LogP contribution in [0.4, 0.5) is 4.39 Å². The molecule has 0 aromatic heterocycles. The van der Waals surface area contributed by atoms with E-state index in [1.807, 2.05) is 0 Å². The highest BCUT2D eigenvalue weighted by atomic mass is 32.2. The second kappa shape index (κ2) is 4.80. The molecule has 0 heterocycles. The number of hydrogen-bond acceptors (Lipinski definition) is 2. The number of aliphatic hydroxyl groups excluding tert-OH is 1. The first-order chi connectivity index (χ1) is 6.53. The minimum absolute atomic E-state index is 0.00736. The summed E-state index contributed by atoms with van der Waals surface area (Å²) in [4.78, 5) is 1.03. The van der Waals surface area contributed by atoms with Gasteiger partial charge in [0.05, 0.1) is 0 Å². The minimum Gasteiger partial charge on any atom is -0.396 e. The first-order valence-corrected chi connectivity index (χ1v) is 5.40. The van der Waals surface area contributed by atoms with Gasteiger partial charge in [-0.25, -0.2) is 4.39 Å². The summed E-state index contributed by atoms with van der Waals surface area (Å²) < 4.78 is 12.6. The maximum absolute atomic E-state index is 12.6. The number of thioether (sulfide) groups is 1. The highest BCUT2D eigenvalue weighted by Crippen LogP contribution is 2.34. The van der Waals surface area contributed by atoms with E-state index in [2.05, 4.69) is 13.8 Å². The van der Waals surface area contributed by atoms with Crippen molar-refractivity contribution >= 4 is 11.8 Å². The first kappa shape index (κ1) is 11.5. The molecule has 1 nitrogen and oxygen atoms in total. The second-order valence-electron chi connectivity index (χ2n) is 3.79. The van der Waals surface area contributed by atoms with E-state index < -0.39 is 0 Å². The lowest BCUT2D eigenvalue weighted by molar-refractivity contribution is 0.275. The van der Waals surface area contributed by atoms with E-state index in [1.54, 1.807) is 23.9 Å². The van der Waals surface area contributed by atoms with Gasteiger partial charge in [-0.1, -0.05) is 13.8 Å². The normalized spacial score (nSPS) is 11.7. The van der Waals surface area contributed by atoms with Gasteiger partial charge in [-0.2, -0.15) is 0 Å². The standard InChI is InChI=1S/C11H15FOS/c1-11(2,7-8-13)14-10-5-3-9(12)4-6-10/h3-6,13H,7-8H2,1-2H3. The lowest BCUT2D eigenvalue weighted by Crippen LogP contribution is -2.16. The van der Waals surface area contributed by atoms with Crippen molar-refractivity contribution in [3.05, 3.63) is 30.1 Å². The molecule has 78 valence electrons. The van der Waals surface area contributed by atoms with E-state index in [0.717, 1.165) is 11.3 Å². The van der Waals surface area contributed by atoms with Gasteiger partial charge in [0.15, 0.2) is 0 Å². The molecule has 0 spiro atoms. The van der Waals surface area contributed by atoms with E-state index in [0.29, 0.717) is 0 Å². The Kier molecular flexibility index (Phi) is 3.96. The molecule has 0 bridgehead atoms. The van der Waals surface area contributed by atoms with Crippen molar-refractivity contribution in [2.45, 2.75) is 29.9 Å². The van der Waals surface area contributed by atoms with E-state index in [-0.39, 0.29) is 17.2 Å². The molecular formula is C11H15FOS. The van der Waals surface area contributed by atoms with Gasteiger partial charge in [-0.3, -0.25) is 0 Å². The van der Waals surface area contributed by atoms with Gasteiger partial charge in [0.2, 0.25) is 0 Å². The van der Waals surface area contributed by atoms with Crippen LogP contribution >= 0.6 is 11.8 Å². The number of benzene rings is 1. The molecule has 0 aliphatic carbocycles. The Bertz CT molecular complexity index is 282. The van der Waals surface area contributed by atoms with Crippen LogP contribution in [0.5, 0.6) is 0 Å². The molecule has 0 amide bonds. The molecule has 0 aliphatic heterocycles. The Labute approximate surface area is 88.3 Å². The van der Waals surface area contributed by atoms with Crippen LogP contribution in [-0.2, 0) is 0 Å². The van der Waals surface area contributed by atoms with Crippen LogP contribution in [0.15, 0.2) is 29.2 Å². The van der Waals surface area contributed by atoms with Crippen molar-refractivity contribution in [1.82, 2.24) is 0 Å². The summed E-state index contributed by atoms with van der Waals surface area (Å²) in [6.45, 7) is 4.32. The first-order valence-electron chi connectivity index (χ1n) is 4.59. The van der Waals surface area contributed by atoms with Crippen molar-refractivity contribution in [2.24, 2.45) is 0 Å². The highest BCUT2D eigenvalue weighted by molar-refractivity contribution is 8.00. The average Bonchev–Trinajstić information content (AvgIpc) is 2.08. The number of halogens is 1. The Morgan fingerprint density at radius 2 is 1.86 bits per heavy atom. The van der Waals surface area contributed by atoms with Crippen LogP contribution in [0.2, 0.25) is 0 Å². The zero-order chi connectivity index (χ0) is 10.6. The largest absolute Gasteiger partial charge is 0.396 e. The molecule has 0 aliphatic rings. The van der Waals surface area contributed by atoms with Crippen LogP contribution in [0, 0.1) is 5.82 Å². The topological polar surface area (TPSA) is 20.2 Å². The zero-order valence-electron chi connectivity index (χ0n) is 8.46. The Morgan fingerprint density at radius 1 is 1.29 bits per heavy atom. The summed E-state index contributed by atoms with van der Waals surface area (Å²) in [5.41, 5.74) is 0. The van der Waals surface area contributed by atoms with Crippen molar-refractivity contribution in [3.8, 4) is 0 Å². The summed E-state index contributed by atoms with van der Waals surface area (Å²) >= 11 is 1.65. The summed E-state index contributed by atoms with van der Waals surface area (Å²) in [6.07, 6.45) is 0.731.